The van der Waals surface area contributed by atoms with Crippen molar-refractivity contribution in [3.63, 3.8) is 0 Å². The van der Waals surface area contributed by atoms with Crippen molar-refractivity contribution in [1.29, 1.82) is 0 Å². The van der Waals surface area contributed by atoms with E-state index in [-0.39, 0.29) is 5.91 Å². The molecule has 0 spiro atoms. The van der Waals surface area contributed by atoms with Crippen LogP contribution < -0.4 is 15.8 Å². The third-order valence-electron chi connectivity index (χ3n) is 4.10. The largest absolute Gasteiger partial charge is 0.497 e. The van der Waals surface area contributed by atoms with Gasteiger partial charge in [0.25, 0.3) is 5.91 Å². The standard InChI is InChI=1S/C16H25N3O2/c1-11(2)19-7-6-12(10-19)9-18-16(20)14-5-4-13(21-3)8-15(14)17/h4-5,8,11-12H,6-7,9-10,17H2,1-3H3,(H,18,20). The molecule has 5 nitrogen and oxygen atoms in total. The van der Waals surface area contributed by atoms with Gasteiger partial charge in [-0.25, -0.2) is 0 Å². The van der Waals surface area contributed by atoms with Gasteiger partial charge in [-0.2, -0.15) is 0 Å². The van der Waals surface area contributed by atoms with Gasteiger partial charge in [0.05, 0.1) is 12.7 Å². The number of nitrogens with zero attached hydrogens (tertiary/aromatic N) is 1. The van der Waals surface area contributed by atoms with Gasteiger partial charge in [0.15, 0.2) is 0 Å². The quantitative estimate of drug-likeness (QED) is 0.811. The summed E-state index contributed by atoms with van der Waals surface area (Å²) >= 11 is 0. The normalized spacial score (nSPS) is 19.0. The van der Waals surface area contributed by atoms with Gasteiger partial charge in [0.1, 0.15) is 5.75 Å². The molecule has 1 atom stereocenters. The molecule has 0 bridgehead atoms. The fraction of sp³-hybridized carbons (Fsp3) is 0.562. The molecule has 2 rings (SSSR count). The van der Waals surface area contributed by atoms with Crippen LogP contribution in [0.3, 0.4) is 0 Å². The fourth-order valence-corrected chi connectivity index (χ4v) is 2.71. The van der Waals surface area contributed by atoms with Crippen molar-refractivity contribution in [3.8, 4) is 5.75 Å². The van der Waals surface area contributed by atoms with Crippen molar-refractivity contribution in [2.75, 3.05) is 32.5 Å². The second kappa shape index (κ2) is 6.80. The minimum absolute atomic E-state index is 0.113. The second-order valence-electron chi connectivity index (χ2n) is 5.91. The first kappa shape index (κ1) is 15.6. The molecule has 5 heteroatoms. The maximum atomic E-state index is 12.2. The van der Waals surface area contributed by atoms with Crippen LogP contribution in [-0.4, -0.2) is 43.6 Å². The van der Waals surface area contributed by atoms with E-state index < -0.39 is 0 Å². The zero-order valence-electron chi connectivity index (χ0n) is 13.1. The Hall–Kier alpha value is -1.75. The average Bonchev–Trinajstić information content (AvgIpc) is 2.93. The first-order chi connectivity index (χ1) is 10.0. The highest BCUT2D eigenvalue weighted by atomic mass is 16.5. The molecule has 0 aliphatic carbocycles. The number of methoxy groups -OCH3 is 1. The highest BCUT2D eigenvalue weighted by molar-refractivity contribution is 5.99. The SMILES string of the molecule is COc1ccc(C(=O)NCC2CCN(C(C)C)C2)c(N)c1. The van der Waals surface area contributed by atoms with Crippen LogP contribution in [0.5, 0.6) is 5.75 Å². The van der Waals surface area contributed by atoms with Crippen LogP contribution >= 0.6 is 0 Å². The van der Waals surface area contributed by atoms with E-state index in [0.29, 0.717) is 35.5 Å². The Bertz CT molecular complexity index is 502. The number of likely N-dealkylation sites (tertiary alicyclic amines) is 1. The Balaban J connectivity index is 1.88. The summed E-state index contributed by atoms with van der Waals surface area (Å²) in [4.78, 5) is 14.6. The van der Waals surface area contributed by atoms with Gasteiger partial charge in [0, 0.05) is 30.9 Å². The van der Waals surface area contributed by atoms with Gasteiger partial charge in [-0.15, -0.1) is 0 Å². The van der Waals surface area contributed by atoms with E-state index in [0.717, 1.165) is 19.5 Å². The number of carbonyl (C=O) groups excluding carboxylic acids is 1. The summed E-state index contributed by atoms with van der Waals surface area (Å²) in [6.07, 6.45) is 1.14. The van der Waals surface area contributed by atoms with Crippen LogP contribution in [-0.2, 0) is 0 Å². The molecule has 0 aromatic heterocycles. The Morgan fingerprint density at radius 2 is 2.29 bits per heavy atom. The van der Waals surface area contributed by atoms with Crippen molar-refractivity contribution in [3.05, 3.63) is 23.8 Å². The van der Waals surface area contributed by atoms with Crippen LogP contribution in [0.15, 0.2) is 18.2 Å². The van der Waals surface area contributed by atoms with Crippen molar-refractivity contribution < 1.29 is 9.53 Å². The molecule has 3 N–H and O–H groups in total. The molecule has 1 unspecified atom stereocenters. The molecule has 1 aliphatic rings. The maximum absolute atomic E-state index is 12.2. The van der Waals surface area contributed by atoms with E-state index in [4.69, 9.17) is 10.5 Å². The van der Waals surface area contributed by atoms with Gasteiger partial charge >= 0.3 is 0 Å². The van der Waals surface area contributed by atoms with E-state index in [1.807, 2.05) is 0 Å². The molecule has 1 saturated heterocycles. The monoisotopic (exact) mass is 291 g/mol. The van der Waals surface area contributed by atoms with Crippen LogP contribution in [0.2, 0.25) is 0 Å². The van der Waals surface area contributed by atoms with Crippen LogP contribution in [0, 0.1) is 5.92 Å². The van der Waals surface area contributed by atoms with Crippen molar-refractivity contribution in [2.45, 2.75) is 26.3 Å². The lowest BCUT2D eigenvalue weighted by molar-refractivity contribution is 0.0948. The van der Waals surface area contributed by atoms with Crippen LogP contribution in [0.4, 0.5) is 5.69 Å². The number of amides is 1. The molecule has 1 aromatic rings. The Morgan fingerprint density at radius 3 is 2.86 bits per heavy atom. The highest BCUT2D eigenvalue weighted by Gasteiger charge is 2.24. The maximum Gasteiger partial charge on any atom is 0.253 e. The highest BCUT2D eigenvalue weighted by Crippen LogP contribution is 2.20. The van der Waals surface area contributed by atoms with Gasteiger partial charge in [0.2, 0.25) is 0 Å². The van der Waals surface area contributed by atoms with Crippen LogP contribution in [0.1, 0.15) is 30.6 Å². The number of anilines is 1. The molecule has 1 aromatic carbocycles. The van der Waals surface area contributed by atoms with Crippen molar-refractivity contribution >= 4 is 11.6 Å². The summed E-state index contributed by atoms with van der Waals surface area (Å²) < 4.78 is 5.09. The summed E-state index contributed by atoms with van der Waals surface area (Å²) in [7, 11) is 1.58. The van der Waals surface area contributed by atoms with E-state index in [1.54, 1.807) is 25.3 Å². The third-order valence-corrected chi connectivity index (χ3v) is 4.10. The summed E-state index contributed by atoms with van der Waals surface area (Å²) in [6, 6.07) is 5.70. The first-order valence-electron chi connectivity index (χ1n) is 7.47. The number of nitrogens with one attached hydrogen (secondary N) is 1. The summed E-state index contributed by atoms with van der Waals surface area (Å²) in [6.45, 7) is 7.28. The first-order valence-corrected chi connectivity index (χ1v) is 7.47. The number of nitrogens with two attached hydrogens (primary N) is 1. The number of benzene rings is 1. The summed E-state index contributed by atoms with van der Waals surface area (Å²) in [5.41, 5.74) is 6.85. The molecule has 1 amide bonds. The number of hydrogen-bond donors (Lipinski definition) is 2. The number of hydrogen-bond acceptors (Lipinski definition) is 4. The summed E-state index contributed by atoms with van der Waals surface area (Å²) in [5.74, 6) is 1.07. The minimum atomic E-state index is -0.113. The molecular weight excluding hydrogens is 266 g/mol. The molecule has 0 saturated carbocycles. The van der Waals surface area contributed by atoms with E-state index >= 15 is 0 Å². The lowest BCUT2D eigenvalue weighted by Gasteiger charge is -2.20. The second-order valence-corrected chi connectivity index (χ2v) is 5.91. The molecule has 1 aliphatic heterocycles. The molecule has 21 heavy (non-hydrogen) atoms. The van der Waals surface area contributed by atoms with Crippen molar-refractivity contribution in [1.82, 2.24) is 10.2 Å². The zero-order valence-corrected chi connectivity index (χ0v) is 13.1. The minimum Gasteiger partial charge on any atom is -0.497 e. The third kappa shape index (κ3) is 3.88. The fourth-order valence-electron chi connectivity index (χ4n) is 2.71. The molecule has 1 fully saturated rings. The van der Waals surface area contributed by atoms with E-state index in [1.165, 1.54) is 0 Å². The smallest absolute Gasteiger partial charge is 0.253 e. The topological polar surface area (TPSA) is 67.6 Å². The number of rotatable bonds is 5. The zero-order chi connectivity index (χ0) is 15.4. The molecule has 1 heterocycles. The molecule has 116 valence electrons. The Labute approximate surface area is 126 Å². The molecule has 0 radical (unpaired) electrons. The number of carbonyl (C=O) groups is 1. The van der Waals surface area contributed by atoms with Crippen molar-refractivity contribution in [2.24, 2.45) is 5.92 Å². The number of ether oxygens (including phenoxy) is 1. The Kier molecular flexibility index (Phi) is 5.07. The lowest BCUT2D eigenvalue weighted by Crippen LogP contribution is -2.33. The van der Waals surface area contributed by atoms with Gasteiger partial charge in [-0.1, -0.05) is 0 Å². The predicted molar refractivity (Wildman–Crippen MR) is 84.6 cm³/mol. The average molecular weight is 291 g/mol. The van der Waals surface area contributed by atoms with Gasteiger partial charge < -0.3 is 20.7 Å². The van der Waals surface area contributed by atoms with Gasteiger partial charge in [-0.3, -0.25) is 4.79 Å². The predicted octanol–water partition coefficient (Wildman–Crippen LogP) is 1.74. The molecular formula is C16H25N3O2. The number of nitrogen functional groups attached to an aromatic ring is 1. The summed E-state index contributed by atoms with van der Waals surface area (Å²) in [5, 5.41) is 2.99. The van der Waals surface area contributed by atoms with E-state index in [2.05, 4.69) is 24.1 Å². The Morgan fingerprint density at radius 1 is 1.52 bits per heavy atom. The van der Waals surface area contributed by atoms with E-state index in [9.17, 15) is 4.79 Å². The van der Waals surface area contributed by atoms with Gasteiger partial charge in [-0.05, 0) is 44.9 Å². The van der Waals surface area contributed by atoms with Crippen LogP contribution in [0.25, 0.3) is 0 Å². The lowest BCUT2D eigenvalue weighted by atomic mass is 10.1.